The predicted octanol–water partition coefficient (Wildman–Crippen LogP) is 8.11. The Balaban J connectivity index is 1.31. The normalized spacial score (nSPS) is 54.2. The van der Waals surface area contributed by atoms with Gasteiger partial charge in [0.2, 0.25) is 0 Å². The molecule has 5 aliphatic rings. The number of rotatable bonds is 5. The lowest BCUT2D eigenvalue weighted by Gasteiger charge is -2.59. The summed E-state index contributed by atoms with van der Waals surface area (Å²) in [7, 11) is 0. The summed E-state index contributed by atoms with van der Waals surface area (Å²) in [4.78, 5) is 0. The zero-order valence-electron chi connectivity index (χ0n) is 19.0. The smallest absolute Gasteiger partial charge is 0.0209 e. The van der Waals surface area contributed by atoms with Crippen LogP contribution in [0.5, 0.6) is 0 Å². The average molecular weight is 371 g/mol. The van der Waals surface area contributed by atoms with Crippen molar-refractivity contribution in [3.05, 3.63) is 0 Å². The molecule has 0 aliphatic heterocycles. The molecule has 0 heterocycles. The first-order valence-electron chi connectivity index (χ1n) is 12.8. The number of hydrogen-bond donors (Lipinski definition) is 0. The highest BCUT2D eigenvalue weighted by Gasteiger charge is 2.73. The SMILES string of the molecule is CC(C)CCC[C@@H](C)[C@H]1CC[C@H]2[C@@H]3CCC45CC4CC[C@]5(C)[C@H]3CC[C@]12C. The standard InChI is InChI=1S/C27H46/c1-18(2)7-6-8-19(3)22-9-10-23-21-12-16-27-17-20(27)11-15-26(27,5)24(21)13-14-25(22,23)4/h18-24H,6-17H2,1-5H3/t19-,20?,21+,22-,23+,24+,25-,26-,27?/m1/s1. The van der Waals surface area contributed by atoms with Gasteiger partial charge in [-0.1, -0.05) is 53.9 Å². The summed E-state index contributed by atoms with van der Waals surface area (Å²) < 4.78 is 0. The first-order valence-corrected chi connectivity index (χ1v) is 12.8. The van der Waals surface area contributed by atoms with Gasteiger partial charge in [-0.25, -0.2) is 0 Å². The van der Waals surface area contributed by atoms with Crippen molar-refractivity contribution in [3.63, 3.8) is 0 Å². The van der Waals surface area contributed by atoms with Crippen molar-refractivity contribution < 1.29 is 0 Å². The van der Waals surface area contributed by atoms with Crippen molar-refractivity contribution in [1.29, 1.82) is 0 Å². The molecular weight excluding hydrogens is 324 g/mol. The summed E-state index contributed by atoms with van der Waals surface area (Å²) in [5.74, 6) is 7.26. The van der Waals surface area contributed by atoms with E-state index >= 15 is 0 Å². The molecule has 154 valence electrons. The Bertz CT molecular complexity index is 577. The van der Waals surface area contributed by atoms with E-state index in [0.29, 0.717) is 5.41 Å². The topological polar surface area (TPSA) is 0 Å². The van der Waals surface area contributed by atoms with E-state index in [4.69, 9.17) is 0 Å². The molecule has 0 radical (unpaired) electrons. The molecule has 5 aliphatic carbocycles. The van der Waals surface area contributed by atoms with Gasteiger partial charge >= 0.3 is 0 Å². The maximum Gasteiger partial charge on any atom is -0.0209 e. The van der Waals surface area contributed by atoms with Crippen molar-refractivity contribution in [1.82, 2.24) is 0 Å². The van der Waals surface area contributed by atoms with Crippen LogP contribution in [0.4, 0.5) is 0 Å². The van der Waals surface area contributed by atoms with Gasteiger partial charge < -0.3 is 0 Å². The fourth-order valence-corrected chi connectivity index (χ4v) is 10.3. The largest absolute Gasteiger partial charge is 0.0628 e. The summed E-state index contributed by atoms with van der Waals surface area (Å²) in [5, 5.41) is 0. The third-order valence-corrected chi connectivity index (χ3v) is 11.8. The fraction of sp³-hybridized carbons (Fsp3) is 1.00. The highest BCUT2D eigenvalue weighted by atomic mass is 14.8. The van der Waals surface area contributed by atoms with Gasteiger partial charge in [-0.2, -0.15) is 0 Å². The second-order valence-electron chi connectivity index (χ2n) is 13.0. The Morgan fingerprint density at radius 1 is 0.815 bits per heavy atom. The molecule has 0 aromatic carbocycles. The summed E-state index contributed by atoms with van der Waals surface area (Å²) in [6.45, 7) is 12.9. The van der Waals surface area contributed by atoms with Crippen LogP contribution in [-0.2, 0) is 0 Å². The molecule has 5 fully saturated rings. The second-order valence-corrected chi connectivity index (χ2v) is 13.0. The van der Waals surface area contributed by atoms with Crippen LogP contribution in [0, 0.1) is 57.7 Å². The molecule has 0 heteroatoms. The van der Waals surface area contributed by atoms with Gasteiger partial charge in [0, 0.05) is 0 Å². The first kappa shape index (κ1) is 19.0. The Hall–Kier alpha value is 0. The molecule has 2 unspecified atom stereocenters. The molecule has 27 heavy (non-hydrogen) atoms. The van der Waals surface area contributed by atoms with Gasteiger partial charge in [-0.05, 0) is 115 Å². The maximum absolute atomic E-state index is 2.76. The molecule has 0 nitrogen and oxygen atoms in total. The molecule has 1 spiro atoms. The van der Waals surface area contributed by atoms with Crippen LogP contribution in [0.15, 0.2) is 0 Å². The third-order valence-electron chi connectivity index (χ3n) is 11.8. The Morgan fingerprint density at radius 2 is 1.63 bits per heavy atom. The van der Waals surface area contributed by atoms with Crippen LogP contribution >= 0.6 is 0 Å². The predicted molar refractivity (Wildman–Crippen MR) is 116 cm³/mol. The lowest BCUT2D eigenvalue weighted by molar-refractivity contribution is -0.104. The van der Waals surface area contributed by atoms with Crippen LogP contribution < -0.4 is 0 Å². The van der Waals surface area contributed by atoms with E-state index in [1.54, 1.807) is 57.8 Å². The highest BCUT2D eigenvalue weighted by molar-refractivity contribution is 5.22. The third kappa shape index (κ3) is 2.53. The molecule has 5 rings (SSSR count). The van der Waals surface area contributed by atoms with E-state index in [9.17, 15) is 0 Å². The minimum absolute atomic E-state index is 0.681. The van der Waals surface area contributed by atoms with E-state index < -0.39 is 0 Å². The molecule has 0 N–H and O–H groups in total. The maximum atomic E-state index is 2.76. The average Bonchev–Trinajstić information content (AvgIpc) is 3.09. The Labute approximate surface area is 169 Å². The van der Waals surface area contributed by atoms with E-state index in [1.807, 2.05) is 0 Å². The fourth-order valence-electron chi connectivity index (χ4n) is 10.3. The van der Waals surface area contributed by atoms with Crippen molar-refractivity contribution in [2.45, 2.75) is 112 Å². The molecule has 5 saturated carbocycles. The molecule has 0 bridgehead atoms. The van der Waals surface area contributed by atoms with Gasteiger partial charge in [-0.15, -0.1) is 0 Å². The zero-order chi connectivity index (χ0) is 19.0. The van der Waals surface area contributed by atoms with Crippen LogP contribution in [0.25, 0.3) is 0 Å². The molecule has 0 aromatic rings. The number of hydrogen-bond acceptors (Lipinski definition) is 0. The van der Waals surface area contributed by atoms with E-state index in [0.717, 1.165) is 52.3 Å². The van der Waals surface area contributed by atoms with E-state index in [2.05, 4.69) is 34.6 Å². The van der Waals surface area contributed by atoms with Crippen LogP contribution in [-0.4, -0.2) is 0 Å². The highest BCUT2D eigenvalue weighted by Crippen LogP contribution is 2.81. The summed E-state index contributed by atoms with van der Waals surface area (Å²) >= 11 is 0. The van der Waals surface area contributed by atoms with E-state index in [-0.39, 0.29) is 0 Å². The quantitative estimate of drug-likeness (QED) is 0.458. The lowest BCUT2D eigenvalue weighted by atomic mass is 9.46. The van der Waals surface area contributed by atoms with Gasteiger partial charge in [0.15, 0.2) is 0 Å². The van der Waals surface area contributed by atoms with Gasteiger partial charge in [-0.3, -0.25) is 0 Å². The van der Waals surface area contributed by atoms with Crippen LogP contribution in [0.1, 0.15) is 112 Å². The van der Waals surface area contributed by atoms with Crippen molar-refractivity contribution in [2.24, 2.45) is 57.7 Å². The minimum atomic E-state index is 0.681. The van der Waals surface area contributed by atoms with Gasteiger partial charge in [0.1, 0.15) is 0 Å². The van der Waals surface area contributed by atoms with Crippen molar-refractivity contribution in [2.75, 3.05) is 0 Å². The van der Waals surface area contributed by atoms with Crippen LogP contribution in [0.3, 0.4) is 0 Å². The first-order chi connectivity index (χ1) is 12.8. The lowest BCUT2D eigenvalue weighted by Crippen LogP contribution is -2.52. The molecule has 0 saturated heterocycles. The minimum Gasteiger partial charge on any atom is -0.0628 e. The zero-order valence-corrected chi connectivity index (χ0v) is 19.0. The number of fused-ring (bicyclic) bond motifs is 4. The van der Waals surface area contributed by atoms with Gasteiger partial charge in [0.05, 0.1) is 0 Å². The Kier molecular flexibility index (Phi) is 4.39. The molecule has 9 atom stereocenters. The molecular formula is C27H46. The van der Waals surface area contributed by atoms with Crippen molar-refractivity contribution >= 4 is 0 Å². The summed E-state index contributed by atoms with van der Waals surface area (Å²) in [6.07, 6.45) is 18.6. The van der Waals surface area contributed by atoms with Crippen LogP contribution in [0.2, 0.25) is 0 Å². The second kappa shape index (κ2) is 6.25. The molecule has 0 amide bonds. The monoisotopic (exact) mass is 370 g/mol. The molecule has 0 aromatic heterocycles. The summed E-state index contributed by atoms with van der Waals surface area (Å²) in [6, 6.07) is 0. The van der Waals surface area contributed by atoms with Gasteiger partial charge in [0.25, 0.3) is 0 Å². The van der Waals surface area contributed by atoms with E-state index in [1.165, 1.54) is 19.3 Å². The summed E-state index contributed by atoms with van der Waals surface area (Å²) in [5.41, 5.74) is 2.26. The van der Waals surface area contributed by atoms with Crippen molar-refractivity contribution in [3.8, 4) is 0 Å². The Morgan fingerprint density at radius 3 is 2.37 bits per heavy atom.